The van der Waals surface area contributed by atoms with Gasteiger partial charge in [-0.1, -0.05) is 99.6 Å². The molecule has 0 heterocycles. The molecule has 0 radical (unpaired) electrons. The van der Waals surface area contributed by atoms with Gasteiger partial charge in [0, 0.05) is 11.6 Å². The lowest BCUT2D eigenvalue weighted by molar-refractivity contribution is 0.499. The largest absolute Gasteiger partial charge is 0.534 e. The molecule has 0 spiro atoms. The van der Waals surface area contributed by atoms with Gasteiger partial charge in [0.15, 0.2) is 0 Å². The Labute approximate surface area is 164 Å². The van der Waals surface area contributed by atoms with Crippen LogP contribution in [0.4, 0.5) is 0 Å². The van der Waals surface area contributed by atoms with Crippen molar-refractivity contribution in [2.24, 2.45) is 5.73 Å². The highest BCUT2D eigenvalue weighted by Crippen LogP contribution is 2.39. The van der Waals surface area contributed by atoms with Crippen LogP contribution in [0.2, 0.25) is 5.04 Å². The lowest BCUT2D eigenvalue weighted by atomic mass is 10.1. The molecule has 0 saturated carbocycles. The van der Waals surface area contributed by atoms with Gasteiger partial charge in [-0.25, -0.2) is 0 Å². The van der Waals surface area contributed by atoms with Crippen LogP contribution >= 0.6 is 0 Å². The van der Waals surface area contributed by atoms with Crippen LogP contribution in [0.1, 0.15) is 39.3 Å². The minimum absolute atomic E-state index is 0.0688. The fourth-order valence-corrected chi connectivity index (χ4v) is 8.21. The van der Waals surface area contributed by atoms with Crippen LogP contribution in [0.3, 0.4) is 0 Å². The van der Waals surface area contributed by atoms with Gasteiger partial charge in [-0.15, -0.1) is 0 Å². The number of benzene rings is 3. The SMILES string of the molecule is C[C@@H](N)c1ccccc1O[Si](c1ccccc1)(c1ccccc1)C(C)(C)C. The van der Waals surface area contributed by atoms with Crippen molar-refractivity contribution in [1.29, 1.82) is 0 Å². The van der Waals surface area contributed by atoms with Crippen LogP contribution in [0.5, 0.6) is 5.75 Å². The highest BCUT2D eigenvalue weighted by atomic mass is 28.4. The number of rotatable bonds is 5. The Hall–Kier alpha value is -2.36. The Morgan fingerprint density at radius 3 is 1.63 bits per heavy atom. The summed E-state index contributed by atoms with van der Waals surface area (Å²) in [7, 11) is -2.62. The van der Waals surface area contributed by atoms with Gasteiger partial charge in [0.05, 0.1) is 0 Å². The highest BCUT2D eigenvalue weighted by molar-refractivity contribution is 7.00. The van der Waals surface area contributed by atoms with E-state index in [0.29, 0.717) is 0 Å². The maximum absolute atomic E-state index is 7.09. The first-order valence-corrected chi connectivity index (χ1v) is 11.4. The van der Waals surface area contributed by atoms with Crippen molar-refractivity contribution >= 4 is 18.7 Å². The average Bonchev–Trinajstić information content (AvgIpc) is 2.66. The van der Waals surface area contributed by atoms with E-state index in [1.807, 2.05) is 19.1 Å². The molecule has 0 saturated heterocycles. The van der Waals surface area contributed by atoms with Gasteiger partial charge in [-0.05, 0) is 28.4 Å². The molecule has 3 heteroatoms. The molecule has 0 fully saturated rings. The molecule has 0 bridgehead atoms. The van der Waals surface area contributed by atoms with Crippen LogP contribution < -0.4 is 20.5 Å². The van der Waals surface area contributed by atoms with Crippen molar-refractivity contribution in [3.05, 3.63) is 90.5 Å². The number of hydrogen-bond acceptors (Lipinski definition) is 2. The third kappa shape index (κ3) is 3.71. The summed E-state index contributed by atoms with van der Waals surface area (Å²) in [5.41, 5.74) is 7.30. The lowest BCUT2D eigenvalue weighted by Crippen LogP contribution is -2.69. The van der Waals surface area contributed by atoms with Gasteiger partial charge >= 0.3 is 8.32 Å². The maximum atomic E-state index is 7.09. The zero-order valence-electron chi connectivity index (χ0n) is 16.6. The van der Waals surface area contributed by atoms with E-state index in [9.17, 15) is 0 Å². The molecule has 2 nitrogen and oxygen atoms in total. The normalized spacial score (nSPS) is 13.2. The third-order valence-corrected chi connectivity index (χ3v) is 10.0. The Morgan fingerprint density at radius 2 is 1.19 bits per heavy atom. The highest BCUT2D eigenvalue weighted by Gasteiger charge is 2.52. The predicted molar refractivity (Wildman–Crippen MR) is 117 cm³/mol. The second-order valence-corrected chi connectivity index (χ2v) is 12.3. The molecular formula is C24H29NOSi. The van der Waals surface area contributed by atoms with Crippen LogP contribution in [-0.4, -0.2) is 8.32 Å². The van der Waals surface area contributed by atoms with Crippen molar-refractivity contribution in [2.75, 3.05) is 0 Å². The second-order valence-electron chi connectivity index (χ2n) is 8.09. The lowest BCUT2D eigenvalue weighted by Gasteiger charge is -2.43. The summed E-state index contributed by atoms with van der Waals surface area (Å²) in [6, 6.07) is 29.5. The molecule has 1 atom stereocenters. The summed E-state index contributed by atoms with van der Waals surface area (Å²) >= 11 is 0. The zero-order chi connectivity index (χ0) is 19.5. The molecule has 3 rings (SSSR count). The summed E-state index contributed by atoms with van der Waals surface area (Å²) in [6.07, 6.45) is 0. The molecule has 0 aliphatic rings. The molecule has 0 aliphatic carbocycles. The Bertz CT molecular complexity index is 830. The first-order chi connectivity index (χ1) is 12.9. The van der Waals surface area contributed by atoms with Crippen molar-refractivity contribution < 1.29 is 4.43 Å². The maximum Gasteiger partial charge on any atom is 0.319 e. The molecule has 3 aromatic rings. The number of hydrogen-bond donors (Lipinski definition) is 1. The first-order valence-electron chi connectivity index (χ1n) is 9.51. The quantitative estimate of drug-likeness (QED) is 0.659. The van der Waals surface area contributed by atoms with Gasteiger partial charge in [0.1, 0.15) is 5.75 Å². The van der Waals surface area contributed by atoms with Crippen molar-refractivity contribution in [3.8, 4) is 5.75 Å². The number of para-hydroxylation sites is 1. The number of nitrogens with two attached hydrogens (primary N) is 1. The van der Waals surface area contributed by atoms with E-state index in [2.05, 4.69) is 93.6 Å². The Morgan fingerprint density at radius 1 is 0.741 bits per heavy atom. The zero-order valence-corrected chi connectivity index (χ0v) is 17.6. The van der Waals surface area contributed by atoms with E-state index in [-0.39, 0.29) is 11.1 Å². The van der Waals surface area contributed by atoms with E-state index in [1.165, 1.54) is 10.4 Å². The van der Waals surface area contributed by atoms with Gasteiger partial charge in [0.25, 0.3) is 0 Å². The fraction of sp³-hybridized carbons (Fsp3) is 0.250. The molecule has 0 aliphatic heterocycles. The summed E-state index contributed by atoms with van der Waals surface area (Å²) in [5, 5.41) is 2.46. The van der Waals surface area contributed by atoms with E-state index in [4.69, 9.17) is 10.2 Å². The van der Waals surface area contributed by atoms with Crippen molar-refractivity contribution in [3.63, 3.8) is 0 Å². The molecule has 2 N–H and O–H groups in total. The van der Waals surface area contributed by atoms with Crippen LogP contribution in [-0.2, 0) is 0 Å². The van der Waals surface area contributed by atoms with Crippen LogP contribution in [0.25, 0.3) is 0 Å². The van der Waals surface area contributed by atoms with Crippen molar-refractivity contribution in [2.45, 2.75) is 38.8 Å². The molecule has 3 aromatic carbocycles. The summed E-state index contributed by atoms with van der Waals surface area (Å²) < 4.78 is 7.09. The first kappa shape index (κ1) is 19.4. The van der Waals surface area contributed by atoms with Crippen molar-refractivity contribution in [1.82, 2.24) is 0 Å². The summed E-state index contributed by atoms with van der Waals surface area (Å²) in [6.45, 7) is 8.86. The molecule has 0 amide bonds. The minimum Gasteiger partial charge on any atom is -0.534 e. The van der Waals surface area contributed by atoms with Gasteiger partial charge < -0.3 is 10.2 Å². The van der Waals surface area contributed by atoms with Crippen LogP contribution in [0, 0.1) is 0 Å². The third-order valence-electron chi connectivity index (χ3n) is 5.09. The fourth-order valence-electron chi connectivity index (χ4n) is 3.76. The van der Waals surface area contributed by atoms with Crippen LogP contribution in [0.15, 0.2) is 84.9 Å². The van der Waals surface area contributed by atoms with Gasteiger partial charge in [0.2, 0.25) is 0 Å². The molecule has 140 valence electrons. The average molecular weight is 376 g/mol. The van der Waals surface area contributed by atoms with E-state index in [0.717, 1.165) is 11.3 Å². The molecule has 27 heavy (non-hydrogen) atoms. The molecule has 0 aromatic heterocycles. The van der Waals surface area contributed by atoms with E-state index in [1.54, 1.807) is 0 Å². The standard InChI is InChI=1S/C24H29NOSi/c1-19(25)22-17-11-12-18-23(22)26-27(24(2,3)4,20-13-7-5-8-14-20)21-15-9-6-10-16-21/h5-19H,25H2,1-4H3/t19-/m1/s1. The smallest absolute Gasteiger partial charge is 0.319 e. The monoisotopic (exact) mass is 375 g/mol. The van der Waals surface area contributed by atoms with Gasteiger partial charge in [-0.3, -0.25) is 0 Å². The molecule has 0 unspecified atom stereocenters. The summed E-state index contributed by atoms with van der Waals surface area (Å²) in [4.78, 5) is 0. The van der Waals surface area contributed by atoms with E-state index < -0.39 is 8.32 Å². The second kappa shape index (κ2) is 7.71. The topological polar surface area (TPSA) is 35.2 Å². The predicted octanol–water partition coefficient (Wildman–Crippen LogP) is 4.65. The summed E-state index contributed by atoms with van der Waals surface area (Å²) in [5.74, 6) is 0.891. The Kier molecular flexibility index (Phi) is 5.54. The van der Waals surface area contributed by atoms with Gasteiger partial charge in [-0.2, -0.15) is 0 Å². The molecular weight excluding hydrogens is 346 g/mol. The van der Waals surface area contributed by atoms with E-state index >= 15 is 0 Å². The Balaban J connectivity index is 2.28. The minimum atomic E-state index is -2.62.